The molecule has 70 heavy (non-hydrogen) atoms. The van der Waals surface area contributed by atoms with Crippen molar-refractivity contribution in [2.24, 2.45) is 0 Å². The van der Waals surface area contributed by atoms with Gasteiger partial charge in [-0.05, 0) is 109 Å². The molecule has 0 heterocycles. The summed E-state index contributed by atoms with van der Waals surface area (Å²) in [5.74, 6) is -0.943. The third-order valence-electron chi connectivity index (χ3n) is 11.7. The predicted octanol–water partition coefficient (Wildman–Crippen LogP) is 19.3. The quantitative estimate of drug-likeness (QED) is 0.0262. The summed E-state index contributed by atoms with van der Waals surface area (Å²) in [5, 5.41) is 0. The van der Waals surface area contributed by atoms with Crippen LogP contribution in [0.4, 0.5) is 0 Å². The number of unbranched alkanes of at least 4 members (excludes halogenated alkanes) is 19. The van der Waals surface area contributed by atoms with E-state index in [0.717, 1.165) is 135 Å². The summed E-state index contributed by atoms with van der Waals surface area (Å²) >= 11 is 0. The third kappa shape index (κ3) is 54.7. The summed E-state index contributed by atoms with van der Waals surface area (Å²) in [6.07, 6.45) is 79.2. The Morgan fingerprint density at radius 1 is 0.300 bits per heavy atom. The molecule has 396 valence electrons. The van der Waals surface area contributed by atoms with Crippen molar-refractivity contribution in [1.29, 1.82) is 0 Å². The van der Waals surface area contributed by atoms with E-state index in [1.165, 1.54) is 70.6 Å². The zero-order valence-corrected chi connectivity index (χ0v) is 45.2. The second-order valence-electron chi connectivity index (χ2n) is 18.5. The van der Waals surface area contributed by atoms with Crippen molar-refractivity contribution < 1.29 is 28.6 Å². The van der Waals surface area contributed by atoms with Gasteiger partial charge in [0.05, 0.1) is 0 Å². The van der Waals surface area contributed by atoms with Crippen molar-refractivity contribution in [2.75, 3.05) is 13.2 Å². The topological polar surface area (TPSA) is 78.9 Å². The van der Waals surface area contributed by atoms with Crippen LogP contribution < -0.4 is 0 Å². The van der Waals surface area contributed by atoms with Gasteiger partial charge in [0.25, 0.3) is 0 Å². The lowest BCUT2D eigenvalue weighted by atomic mass is 10.1. The summed E-state index contributed by atoms with van der Waals surface area (Å²) in [7, 11) is 0. The molecule has 0 aliphatic rings. The summed E-state index contributed by atoms with van der Waals surface area (Å²) < 4.78 is 16.7. The van der Waals surface area contributed by atoms with Crippen LogP contribution in [0.3, 0.4) is 0 Å². The minimum atomic E-state index is -0.795. The lowest BCUT2D eigenvalue weighted by Crippen LogP contribution is -2.30. The highest BCUT2D eigenvalue weighted by Crippen LogP contribution is 2.14. The van der Waals surface area contributed by atoms with Gasteiger partial charge in [-0.15, -0.1) is 0 Å². The largest absolute Gasteiger partial charge is 0.462 e. The number of hydrogen-bond acceptors (Lipinski definition) is 6. The Morgan fingerprint density at radius 2 is 0.571 bits per heavy atom. The maximum Gasteiger partial charge on any atom is 0.306 e. The fourth-order valence-corrected chi connectivity index (χ4v) is 7.41. The average molecular weight is 970 g/mol. The van der Waals surface area contributed by atoms with Gasteiger partial charge in [0, 0.05) is 19.3 Å². The number of carbonyl (C=O) groups is 3. The van der Waals surface area contributed by atoms with Crippen LogP contribution in [-0.4, -0.2) is 37.2 Å². The predicted molar refractivity (Wildman–Crippen MR) is 302 cm³/mol. The van der Waals surface area contributed by atoms with Gasteiger partial charge in [0.15, 0.2) is 6.10 Å². The first-order valence-electron chi connectivity index (χ1n) is 28.5. The molecular formula is C64H104O6. The van der Waals surface area contributed by atoms with Crippen LogP contribution in [0, 0.1) is 0 Å². The van der Waals surface area contributed by atoms with Crippen molar-refractivity contribution in [3.63, 3.8) is 0 Å². The lowest BCUT2D eigenvalue weighted by Gasteiger charge is -2.18. The highest BCUT2D eigenvalue weighted by atomic mass is 16.6. The molecule has 0 rings (SSSR count). The second-order valence-corrected chi connectivity index (χ2v) is 18.5. The fraction of sp³-hybridized carbons (Fsp3) is 0.641. The maximum atomic E-state index is 12.8. The van der Waals surface area contributed by atoms with Crippen LogP contribution in [0.15, 0.2) is 122 Å². The monoisotopic (exact) mass is 969 g/mol. The molecule has 6 nitrogen and oxygen atoms in total. The SMILES string of the molecule is CC/C=C\C/C=C\C/C=C\C/C=C\C/C=C\C/C=C\C/C=C\C/C=C\C/C=C\CCCCCC(=O)OCC(COC(=O)CCCCCCCCCCCC)OC(=O)CCCCCCC/C=C\CCCC. The number of hydrogen-bond donors (Lipinski definition) is 0. The number of esters is 3. The normalized spacial score (nSPS) is 13.0. The molecule has 0 amide bonds. The number of carbonyl (C=O) groups excluding carboxylic acids is 3. The lowest BCUT2D eigenvalue weighted by molar-refractivity contribution is -0.167. The Kier molecular flexibility index (Phi) is 54.0. The third-order valence-corrected chi connectivity index (χ3v) is 11.7. The van der Waals surface area contributed by atoms with E-state index < -0.39 is 6.10 Å². The molecule has 0 spiro atoms. The van der Waals surface area contributed by atoms with Crippen molar-refractivity contribution >= 4 is 17.9 Å². The molecule has 0 radical (unpaired) electrons. The molecule has 0 bridgehead atoms. The van der Waals surface area contributed by atoms with E-state index in [9.17, 15) is 14.4 Å². The van der Waals surface area contributed by atoms with E-state index in [1.807, 2.05) is 0 Å². The summed E-state index contributed by atoms with van der Waals surface area (Å²) in [6, 6.07) is 0. The van der Waals surface area contributed by atoms with Gasteiger partial charge in [0.2, 0.25) is 0 Å². The standard InChI is InChI=1S/C64H104O6/c1-4-7-10-13-16-19-22-23-24-25-26-27-28-29-30-31-32-33-34-35-36-37-38-39-40-41-43-45-48-51-54-57-63(66)69-60-61(59-68-62(65)56-53-50-47-44-21-18-15-12-9-6-3)70-64(67)58-55-52-49-46-42-20-17-14-11-8-5-2/h7,10,14,16-17,19,23-24,26-27,29-30,32-33,35-36,38-39,41,43,61H,4-6,8-9,11-13,15,18,20-22,25,28,31,34,37,40,42,44-60H2,1-3H3/b10-7-,17-14-,19-16-,24-23-,27-26-,30-29-,33-32-,36-35-,39-38-,43-41-. The van der Waals surface area contributed by atoms with Gasteiger partial charge in [0.1, 0.15) is 13.2 Å². The molecule has 0 saturated heterocycles. The Balaban J connectivity index is 4.28. The van der Waals surface area contributed by atoms with Crippen molar-refractivity contribution in [3.05, 3.63) is 122 Å². The molecule has 0 aliphatic carbocycles. The minimum absolute atomic E-state index is 0.0926. The van der Waals surface area contributed by atoms with E-state index in [4.69, 9.17) is 14.2 Å². The Labute approximate surface area is 431 Å². The number of allylic oxidation sites excluding steroid dienone is 20. The van der Waals surface area contributed by atoms with Crippen LogP contribution in [-0.2, 0) is 28.6 Å². The van der Waals surface area contributed by atoms with Crippen molar-refractivity contribution in [3.8, 4) is 0 Å². The maximum absolute atomic E-state index is 12.8. The Bertz CT molecular complexity index is 1490. The Hall–Kier alpha value is -4.19. The first-order chi connectivity index (χ1) is 34.5. The number of rotatable bonds is 50. The van der Waals surface area contributed by atoms with Crippen LogP contribution >= 0.6 is 0 Å². The van der Waals surface area contributed by atoms with Crippen molar-refractivity contribution in [2.45, 2.75) is 252 Å². The average Bonchev–Trinajstić information content (AvgIpc) is 3.36. The van der Waals surface area contributed by atoms with Crippen LogP contribution in [0.25, 0.3) is 0 Å². The van der Waals surface area contributed by atoms with Crippen LogP contribution in [0.1, 0.15) is 245 Å². The Morgan fingerprint density at radius 3 is 0.943 bits per heavy atom. The van der Waals surface area contributed by atoms with Gasteiger partial charge in [-0.1, -0.05) is 239 Å². The van der Waals surface area contributed by atoms with Gasteiger partial charge in [-0.25, -0.2) is 0 Å². The highest BCUT2D eigenvalue weighted by Gasteiger charge is 2.19. The van der Waals surface area contributed by atoms with Gasteiger partial charge >= 0.3 is 17.9 Å². The van der Waals surface area contributed by atoms with E-state index in [-0.39, 0.29) is 31.1 Å². The zero-order valence-electron chi connectivity index (χ0n) is 45.2. The van der Waals surface area contributed by atoms with E-state index >= 15 is 0 Å². The fourth-order valence-electron chi connectivity index (χ4n) is 7.41. The van der Waals surface area contributed by atoms with Gasteiger partial charge in [-0.2, -0.15) is 0 Å². The molecule has 1 atom stereocenters. The molecule has 0 aromatic carbocycles. The molecule has 0 saturated carbocycles. The van der Waals surface area contributed by atoms with Gasteiger partial charge < -0.3 is 14.2 Å². The summed E-state index contributed by atoms with van der Waals surface area (Å²) in [5.41, 5.74) is 0. The number of ether oxygens (including phenoxy) is 3. The smallest absolute Gasteiger partial charge is 0.306 e. The molecule has 0 aromatic rings. The zero-order chi connectivity index (χ0) is 50.7. The van der Waals surface area contributed by atoms with Gasteiger partial charge in [-0.3, -0.25) is 14.4 Å². The molecule has 0 aromatic heterocycles. The second kappa shape index (κ2) is 57.4. The summed E-state index contributed by atoms with van der Waals surface area (Å²) in [6.45, 7) is 6.43. The van der Waals surface area contributed by atoms with E-state index in [1.54, 1.807) is 0 Å². The molecule has 0 aliphatic heterocycles. The first kappa shape index (κ1) is 65.8. The first-order valence-corrected chi connectivity index (χ1v) is 28.5. The molecule has 1 unspecified atom stereocenters. The molecular weight excluding hydrogens is 865 g/mol. The van der Waals surface area contributed by atoms with Crippen LogP contribution in [0.5, 0.6) is 0 Å². The minimum Gasteiger partial charge on any atom is -0.462 e. The highest BCUT2D eigenvalue weighted by molar-refractivity contribution is 5.71. The van der Waals surface area contributed by atoms with E-state index in [2.05, 4.69) is 142 Å². The summed E-state index contributed by atoms with van der Waals surface area (Å²) in [4.78, 5) is 37.9. The van der Waals surface area contributed by atoms with Crippen molar-refractivity contribution in [1.82, 2.24) is 0 Å². The molecule has 0 N–H and O–H groups in total. The van der Waals surface area contributed by atoms with E-state index in [0.29, 0.717) is 19.3 Å². The molecule has 6 heteroatoms. The molecule has 0 fully saturated rings. The van der Waals surface area contributed by atoms with Crippen LogP contribution in [0.2, 0.25) is 0 Å².